The number of benzene rings is 1. The summed E-state index contributed by atoms with van der Waals surface area (Å²) in [6, 6.07) is 9.23. The van der Waals surface area contributed by atoms with Gasteiger partial charge in [0.15, 0.2) is 0 Å². The molecule has 168 valence electrons. The van der Waals surface area contributed by atoms with Crippen LogP contribution in [0.2, 0.25) is 5.02 Å². The number of aromatic nitrogens is 2. The summed E-state index contributed by atoms with van der Waals surface area (Å²) in [7, 11) is 0. The number of ether oxygens (including phenoxy) is 1. The van der Waals surface area contributed by atoms with E-state index < -0.39 is 0 Å². The molecule has 0 radical (unpaired) electrons. The maximum atomic E-state index is 12.9. The highest BCUT2D eigenvalue weighted by Crippen LogP contribution is 2.30. The molecule has 0 N–H and O–H groups in total. The van der Waals surface area contributed by atoms with E-state index in [1.807, 2.05) is 23.1 Å². The van der Waals surface area contributed by atoms with Crippen molar-refractivity contribution >= 4 is 23.3 Å². The normalized spacial score (nSPS) is 18.1. The Bertz CT molecular complexity index is 899. The van der Waals surface area contributed by atoms with Crippen molar-refractivity contribution in [3.8, 4) is 11.6 Å². The first-order valence-electron chi connectivity index (χ1n) is 10.9. The predicted octanol–water partition coefficient (Wildman–Crippen LogP) is 5.42. The zero-order valence-electron chi connectivity index (χ0n) is 19.1. The number of para-hydroxylation sites is 1. The van der Waals surface area contributed by atoms with Gasteiger partial charge in [0, 0.05) is 38.2 Å². The van der Waals surface area contributed by atoms with Gasteiger partial charge < -0.3 is 14.5 Å². The van der Waals surface area contributed by atoms with Crippen LogP contribution in [0.5, 0.6) is 11.6 Å². The van der Waals surface area contributed by atoms with Crippen molar-refractivity contribution < 1.29 is 9.53 Å². The molecule has 1 fully saturated rings. The minimum absolute atomic E-state index is 0.117. The van der Waals surface area contributed by atoms with Crippen molar-refractivity contribution in [2.45, 2.75) is 53.5 Å². The van der Waals surface area contributed by atoms with Gasteiger partial charge in [0.1, 0.15) is 17.9 Å². The topological polar surface area (TPSA) is 58.6 Å². The van der Waals surface area contributed by atoms with E-state index in [0.717, 1.165) is 25.3 Å². The summed E-state index contributed by atoms with van der Waals surface area (Å²) < 4.78 is 5.84. The van der Waals surface area contributed by atoms with Gasteiger partial charge in [-0.15, -0.1) is 0 Å². The standard InChI is InChI=1S/C24H33ClN4O2/c1-17(14-24(3,4)5)12-23(30)29-11-10-28(15-18(29)2)21-13-22(27-16-26-21)31-20-9-7-6-8-19(20)25/h6-9,13,16-18H,10-12,14-15H2,1-5H3. The largest absolute Gasteiger partial charge is 0.437 e. The van der Waals surface area contributed by atoms with Gasteiger partial charge in [-0.25, -0.2) is 9.97 Å². The first-order chi connectivity index (χ1) is 14.6. The summed E-state index contributed by atoms with van der Waals surface area (Å²) in [4.78, 5) is 25.7. The molecule has 7 heteroatoms. The zero-order chi connectivity index (χ0) is 22.6. The fraction of sp³-hybridized carbons (Fsp3) is 0.542. The number of carbonyl (C=O) groups excluding carboxylic acids is 1. The number of carbonyl (C=O) groups is 1. The lowest BCUT2D eigenvalue weighted by molar-refractivity contribution is -0.134. The Morgan fingerprint density at radius 3 is 2.68 bits per heavy atom. The molecule has 2 heterocycles. The lowest BCUT2D eigenvalue weighted by Gasteiger charge is -2.41. The van der Waals surface area contributed by atoms with Crippen LogP contribution in [0.4, 0.5) is 5.82 Å². The van der Waals surface area contributed by atoms with Crippen LogP contribution >= 0.6 is 11.6 Å². The molecule has 1 amide bonds. The van der Waals surface area contributed by atoms with Crippen molar-refractivity contribution in [3.05, 3.63) is 41.7 Å². The van der Waals surface area contributed by atoms with Gasteiger partial charge in [-0.1, -0.05) is 51.4 Å². The minimum atomic E-state index is 0.117. The second kappa shape index (κ2) is 9.86. The van der Waals surface area contributed by atoms with Gasteiger partial charge in [-0.3, -0.25) is 4.79 Å². The van der Waals surface area contributed by atoms with E-state index in [0.29, 0.717) is 35.5 Å². The second-order valence-electron chi connectivity index (χ2n) is 9.70. The average molecular weight is 445 g/mol. The molecule has 1 aliphatic heterocycles. The van der Waals surface area contributed by atoms with Crippen LogP contribution < -0.4 is 9.64 Å². The quantitative estimate of drug-likeness (QED) is 0.595. The number of anilines is 1. The fourth-order valence-corrected chi connectivity index (χ4v) is 4.44. The van der Waals surface area contributed by atoms with E-state index in [2.05, 4.69) is 49.5 Å². The molecule has 0 aliphatic carbocycles. The van der Waals surface area contributed by atoms with Crippen LogP contribution in [0, 0.1) is 11.3 Å². The van der Waals surface area contributed by atoms with Gasteiger partial charge >= 0.3 is 0 Å². The molecular formula is C24H33ClN4O2. The van der Waals surface area contributed by atoms with Crippen LogP contribution in [-0.2, 0) is 4.79 Å². The lowest BCUT2D eigenvalue weighted by Crippen LogP contribution is -2.54. The number of halogens is 1. The number of piperazine rings is 1. The molecular weight excluding hydrogens is 412 g/mol. The smallest absolute Gasteiger partial charge is 0.224 e. The molecule has 31 heavy (non-hydrogen) atoms. The third-order valence-electron chi connectivity index (χ3n) is 5.43. The molecule has 0 spiro atoms. The minimum Gasteiger partial charge on any atom is -0.437 e. The molecule has 2 aromatic rings. The van der Waals surface area contributed by atoms with Crippen molar-refractivity contribution in [2.24, 2.45) is 11.3 Å². The highest BCUT2D eigenvalue weighted by molar-refractivity contribution is 6.32. The van der Waals surface area contributed by atoms with Crippen LogP contribution in [0.15, 0.2) is 36.7 Å². The summed E-state index contributed by atoms with van der Waals surface area (Å²) in [6.07, 6.45) is 3.14. The Kier molecular flexibility index (Phi) is 7.42. The second-order valence-corrected chi connectivity index (χ2v) is 10.1. The van der Waals surface area contributed by atoms with Crippen molar-refractivity contribution in [3.63, 3.8) is 0 Å². The number of hydrogen-bond acceptors (Lipinski definition) is 5. The summed E-state index contributed by atoms with van der Waals surface area (Å²) in [5.41, 5.74) is 0.237. The third kappa shape index (κ3) is 6.57. The summed E-state index contributed by atoms with van der Waals surface area (Å²) in [6.45, 7) is 13.1. The zero-order valence-corrected chi connectivity index (χ0v) is 19.9. The maximum Gasteiger partial charge on any atom is 0.224 e. The molecule has 1 aromatic carbocycles. The van der Waals surface area contributed by atoms with Gasteiger partial charge in [-0.2, -0.15) is 0 Å². The van der Waals surface area contributed by atoms with E-state index in [-0.39, 0.29) is 17.4 Å². The molecule has 2 unspecified atom stereocenters. The van der Waals surface area contributed by atoms with Crippen molar-refractivity contribution in [1.82, 2.24) is 14.9 Å². The van der Waals surface area contributed by atoms with Gasteiger partial charge in [-0.05, 0) is 36.8 Å². The van der Waals surface area contributed by atoms with E-state index >= 15 is 0 Å². The highest BCUT2D eigenvalue weighted by Gasteiger charge is 2.29. The molecule has 3 rings (SSSR count). The first kappa shape index (κ1) is 23.3. The molecule has 1 saturated heterocycles. The number of rotatable bonds is 6. The van der Waals surface area contributed by atoms with Gasteiger partial charge in [0.2, 0.25) is 11.8 Å². The SMILES string of the molecule is CC(CC(=O)N1CCN(c2cc(Oc3ccccc3Cl)ncn2)CC1C)CC(C)(C)C. The number of nitrogens with zero attached hydrogens (tertiary/aromatic N) is 4. The van der Waals surface area contributed by atoms with Crippen LogP contribution in [0.1, 0.15) is 47.5 Å². The predicted molar refractivity (Wildman–Crippen MR) is 125 cm³/mol. The van der Waals surface area contributed by atoms with Crippen LogP contribution in [0.25, 0.3) is 0 Å². The molecule has 1 aliphatic rings. The summed E-state index contributed by atoms with van der Waals surface area (Å²) in [5, 5.41) is 0.532. The van der Waals surface area contributed by atoms with E-state index in [9.17, 15) is 4.79 Å². The lowest BCUT2D eigenvalue weighted by atomic mass is 9.84. The van der Waals surface area contributed by atoms with E-state index in [1.54, 1.807) is 12.1 Å². The molecule has 0 saturated carbocycles. The van der Waals surface area contributed by atoms with Crippen molar-refractivity contribution in [1.29, 1.82) is 0 Å². The summed E-state index contributed by atoms with van der Waals surface area (Å²) in [5.74, 6) is 2.41. The Hall–Kier alpha value is -2.34. The van der Waals surface area contributed by atoms with Gasteiger partial charge in [0.25, 0.3) is 0 Å². The Balaban J connectivity index is 1.60. The van der Waals surface area contributed by atoms with E-state index in [4.69, 9.17) is 16.3 Å². The van der Waals surface area contributed by atoms with Crippen molar-refractivity contribution in [2.75, 3.05) is 24.5 Å². The van der Waals surface area contributed by atoms with Crippen LogP contribution in [0.3, 0.4) is 0 Å². The first-order valence-corrected chi connectivity index (χ1v) is 11.3. The molecule has 6 nitrogen and oxygen atoms in total. The van der Waals surface area contributed by atoms with E-state index in [1.165, 1.54) is 6.33 Å². The Morgan fingerprint density at radius 2 is 2.00 bits per heavy atom. The van der Waals surface area contributed by atoms with Gasteiger partial charge in [0.05, 0.1) is 5.02 Å². The Labute approximate surface area is 190 Å². The summed E-state index contributed by atoms with van der Waals surface area (Å²) >= 11 is 6.18. The molecule has 1 aromatic heterocycles. The monoisotopic (exact) mass is 444 g/mol. The third-order valence-corrected chi connectivity index (χ3v) is 5.75. The average Bonchev–Trinajstić information content (AvgIpc) is 2.68. The highest BCUT2D eigenvalue weighted by atomic mass is 35.5. The Morgan fingerprint density at radius 1 is 1.26 bits per heavy atom. The number of amides is 1. The van der Waals surface area contributed by atoms with Crippen LogP contribution in [-0.4, -0.2) is 46.5 Å². The molecule has 2 atom stereocenters. The maximum absolute atomic E-state index is 12.9. The molecule has 0 bridgehead atoms. The number of hydrogen-bond donors (Lipinski definition) is 0. The fourth-order valence-electron chi connectivity index (χ4n) is 4.27.